The zero-order valence-electron chi connectivity index (χ0n) is 13.3. The molecule has 24 heavy (non-hydrogen) atoms. The van der Waals surface area contributed by atoms with E-state index in [4.69, 9.17) is 4.52 Å². The standard InChI is InChI=1S/C19H14N4O/c1-11-5-3-4-6-16(11)18-22-19(24-23-18)14-8-13-7-12(2)21-17(13)15(9-14)10-20/h3-9,21H,1-2H3. The number of H-pyrrole nitrogens is 1. The molecule has 0 atom stereocenters. The number of aryl methyl sites for hydroxylation is 2. The minimum absolute atomic E-state index is 0.408. The predicted molar refractivity (Wildman–Crippen MR) is 91.2 cm³/mol. The molecule has 0 radical (unpaired) electrons. The van der Waals surface area contributed by atoms with E-state index in [1.165, 1.54) is 0 Å². The Morgan fingerprint density at radius 2 is 1.96 bits per heavy atom. The van der Waals surface area contributed by atoms with Gasteiger partial charge in [0.25, 0.3) is 5.89 Å². The monoisotopic (exact) mass is 314 g/mol. The van der Waals surface area contributed by atoms with Gasteiger partial charge >= 0.3 is 0 Å². The molecule has 0 saturated heterocycles. The second-order valence-electron chi connectivity index (χ2n) is 5.79. The lowest BCUT2D eigenvalue weighted by molar-refractivity contribution is 0.432. The Bertz CT molecular complexity index is 1100. The van der Waals surface area contributed by atoms with Crippen LogP contribution >= 0.6 is 0 Å². The third-order valence-electron chi connectivity index (χ3n) is 4.04. The molecule has 2 aromatic heterocycles. The van der Waals surface area contributed by atoms with E-state index >= 15 is 0 Å². The number of nitrogens with zero attached hydrogens (tertiary/aromatic N) is 3. The summed E-state index contributed by atoms with van der Waals surface area (Å²) in [5.74, 6) is 0.956. The van der Waals surface area contributed by atoms with Crippen molar-refractivity contribution >= 4 is 10.9 Å². The van der Waals surface area contributed by atoms with Crippen LogP contribution in [0.15, 0.2) is 47.0 Å². The van der Waals surface area contributed by atoms with E-state index in [1.807, 2.05) is 50.2 Å². The van der Waals surface area contributed by atoms with Gasteiger partial charge in [-0.25, -0.2) is 0 Å². The first-order valence-corrected chi connectivity index (χ1v) is 7.59. The molecule has 0 spiro atoms. The highest BCUT2D eigenvalue weighted by molar-refractivity contribution is 5.89. The molecule has 5 heteroatoms. The van der Waals surface area contributed by atoms with Crippen LogP contribution in [0, 0.1) is 25.2 Å². The smallest absolute Gasteiger partial charge is 0.258 e. The Hall–Kier alpha value is -3.39. The lowest BCUT2D eigenvalue weighted by Crippen LogP contribution is -1.86. The van der Waals surface area contributed by atoms with E-state index in [2.05, 4.69) is 21.2 Å². The third kappa shape index (κ3) is 2.25. The normalized spacial score (nSPS) is 10.9. The van der Waals surface area contributed by atoms with Crippen LogP contribution in [0.25, 0.3) is 33.7 Å². The number of nitriles is 1. The van der Waals surface area contributed by atoms with Crippen LogP contribution in [0.5, 0.6) is 0 Å². The summed E-state index contributed by atoms with van der Waals surface area (Å²) in [6.45, 7) is 3.97. The van der Waals surface area contributed by atoms with E-state index in [0.29, 0.717) is 17.3 Å². The first-order valence-electron chi connectivity index (χ1n) is 7.59. The fraction of sp³-hybridized carbons (Fsp3) is 0.105. The third-order valence-corrected chi connectivity index (χ3v) is 4.04. The second kappa shape index (κ2) is 5.36. The SMILES string of the molecule is Cc1cc2cc(-c3nc(-c4ccccc4C)no3)cc(C#N)c2[nH]1. The first kappa shape index (κ1) is 14.2. The van der Waals surface area contributed by atoms with Gasteiger partial charge in [0.05, 0.1) is 11.1 Å². The number of nitrogens with one attached hydrogen (secondary N) is 1. The summed E-state index contributed by atoms with van der Waals surface area (Å²) in [6.07, 6.45) is 0. The molecule has 0 aliphatic heterocycles. The molecule has 5 nitrogen and oxygen atoms in total. The number of rotatable bonds is 2. The highest BCUT2D eigenvalue weighted by Gasteiger charge is 2.15. The highest BCUT2D eigenvalue weighted by atomic mass is 16.5. The number of hydrogen-bond acceptors (Lipinski definition) is 4. The lowest BCUT2D eigenvalue weighted by Gasteiger charge is -1.99. The maximum atomic E-state index is 9.40. The van der Waals surface area contributed by atoms with E-state index in [0.717, 1.165) is 33.3 Å². The van der Waals surface area contributed by atoms with Crippen LogP contribution in [-0.2, 0) is 0 Å². The minimum Gasteiger partial charge on any atom is -0.358 e. The number of aromatic amines is 1. The highest BCUT2D eigenvalue weighted by Crippen LogP contribution is 2.29. The Morgan fingerprint density at radius 1 is 1.12 bits per heavy atom. The molecule has 4 aromatic rings. The van der Waals surface area contributed by atoms with Crippen LogP contribution in [0.1, 0.15) is 16.8 Å². The average Bonchev–Trinajstić information content (AvgIpc) is 3.20. The summed E-state index contributed by atoms with van der Waals surface area (Å²) in [7, 11) is 0. The summed E-state index contributed by atoms with van der Waals surface area (Å²) in [4.78, 5) is 7.71. The molecular weight excluding hydrogens is 300 g/mol. The summed E-state index contributed by atoms with van der Waals surface area (Å²) in [5, 5.41) is 14.4. The largest absolute Gasteiger partial charge is 0.358 e. The summed E-state index contributed by atoms with van der Waals surface area (Å²) < 4.78 is 5.43. The van der Waals surface area contributed by atoms with Gasteiger partial charge < -0.3 is 9.51 Å². The van der Waals surface area contributed by atoms with Gasteiger partial charge in [-0.1, -0.05) is 29.4 Å². The number of benzene rings is 2. The molecule has 0 aliphatic rings. The maximum Gasteiger partial charge on any atom is 0.258 e. The fourth-order valence-electron chi connectivity index (χ4n) is 2.87. The topological polar surface area (TPSA) is 78.5 Å². The van der Waals surface area contributed by atoms with Gasteiger partial charge in [-0.15, -0.1) is 0 Å². The van der Waals surface area contributed by atoms with E-state index in [9.17, 15) is 5.26 Å². The average molecular weight is 314 g/mol. The number of aromatic nitrogens is 3. The van der Waals surface area contributed by atoms with Gasteiger partial charge in [-0.2, -0.15) is 10.2 Å². The molecule has 0 fully saturated rings. The second-order valence-corrected chi connectivity index (χ2v) is 5.79. The molecule has 4 rings (SSSR count). The zero-order chi connectivity index (χ0) is 16.7. The maximum absolute atomic E-state index is 9.40. The number of hydrogen-bond donors (Lipinski definition) is 1. The first-order chi connectivity index (χ1) is 11.7. The van der Waals surface area contributed by atoms with Crippen LogP contribution in [0.2, 0.25) is 0 Å². The van der Waals surface area contributed by atoms with Crippen LogP contribution in [-0.4, -0.2) is 15.1 Å². The Morgan fingerprint density at radius 3 is 2.75 bits per heavy atom. The van der Waals surface area contributed by atoms with Crippen LogP contribution in [0.4, 0.5) is 0 Å². The Balaban J connectivity index is 1.84. The lowest BCUT2D eigenvalue weighted by atomic mass is 10.1. The van der Waals surface area contributed by atoms with Crippen molar-refractivity contribution in [2.75, 3.05) is 0 Å². The van der Waals surface area contributed by atoms with Crippen molar-refractivity contribution < 1.29 is 4.52 Å². The van der Waals surface area contributed by atoms with Crippen LogP contribution in [0.3, 0.4) is 0 Å². The molecule has 2 heterocycles. The minimum atomic E-state index is 0.408. The number of fused-ring (bicyclic) bond motifs is 1. The van der Waals surface area contributed by atoms with Gasteiger partial charge in [-0.05, 0) is 37.6 Å². The predicted octanol–water partition coefficient (Wildman–Crippen LogP) is 4.37. The summed E-state index contributed by atoms with van der Waals surface area (Å²) in [5.41, 5.74) is 5.16. The van der Waals surface area contributed by atoms with Crippen molar-refractivity contribution in [1.29, 1.82) is 5.26 Å². The Labute approximate surface area is 138 Å². The molecule has 2 aromatic carbocycles. The molecule has 116 valence electrons. The van der Waals surface area contributed by atoms with Crippen molar-refractivity contribution in [3.05, 3.63) is 59.3 Å². The quantitative estimate of drug-likeness (QED) is 0.595. The van der Waals surface area contributed by atoms with Gasteiger partial charge in [-0.3, -0.25) is 0 Å². The van der Waals surface area contributed by atoms with Gasteiger partial charge in [0.2, 0.25) is 5.82 Å². The molecule has 1 N–H and O–H groups in total. The van der Waals surface area contributed by atoms with Crippen LogP contribution < -0.4 is 0 Å². The molecule has 0 aliphatic carbocycles. The molecule has 0 saturated carbocycles. The van der Waals surface area contributed by atoms with Gasteiger partial charge in [0, 0.05) is 22.2 Å². The van der Waals surface area contributed by atoms with E-state index in [-0.39, 0.29) is 0 Å². The van der Waals surface area contributed by atoms with E-state index < -0.39 is 0 Å². The molecular formula is C19H14N4O. The Kier molecular flexibility index (Phi) is 3.17. The van der Waals surface area contributed by atoms with Crippen molar-refractivity contribution in [3.8, 4) is 28.9 Å². The zero-order valence-corrected chi connectivity index (χ0v) is 13.3. The van der Waals surface area contributed by atoms with Crippen molar-refractivity contribution in [2.24, 2.45) is 0 Å². The van der Waals surface area contributed by atoms with Crippen molar-refractivity contribution in [2.45, 2.75) is 13.8 Å². The summed E-state index contributed by atoms with van der Waals surface area (Å²) >= 11 is 0. The van der Waals surface area contributed by atoms with Crippen molar-refractivity contribution in [1.82, 2.24) is 15.1 Å². The fourth-order valence-corrected chi connectivity index (χ4v) is 2.87. The van der Waals surface area contributed by atoms with Gasteiger partial charge in [0.15, 0.2) is 0 Å². The molecule has 0 unspecified atom stereocenters. The van der Waals surface area contributed by atoms with Crippen molar-refractivity contribution in [3.63, 3.8) is 0 Å². The summed E-state index contributed by atoms with van der Waals surface area (Å²) in [6, 6.07) is 15.8. The molecule has 0 bridgehead atoms. The van der Waals surface area contributed by atoms with Gasteiger partial charge in [0.1, 0.15) is 6.07 Å². The van der Waals surface area contributed by atoms with E-state index in [1.54, 1.807) is 6.07 Å². The molecule has 0 amide bonds.